The number of rotatable bonds is 8. The first-order valence-corrected chi connectivity index (χ1v) is 10.9. The average molecular weight is 453 g/mol. The number of aryl methyl sites for hydroxylation is 2. The molecule has 1 aromatic carbocycles. The molecule has 0 aliphatic heterocycles. The molecule has 166 valence electrons. The summed E-state index contributed by atoms with van der Waals surface area (Å²) in [7, 11) is 5.06. The predicted octanol–water partition coefficient (Wildman–Crippen LogP) is 3.91. The maximum atomic E-state index is 13.1. The van der Waals surface area contributed by atoms with Crippen molar-refractivity contribution in [3.63, 3.8) is 0 Å². The Labute approximate surface area is 189 Å². The van der Waals surface area contributed by atoms with Crippen molar-refractivity contribution < 1.29 is 18.7 Å². The van der Waals surface area contributed by atoms with Crippen molar-refractivity contribution >= 4 is 17.2 Å². The summed E-state index contributed by atoms with van der Waals surface area (Å²) in [6.45, 7) is 1.82. The van der Waals surface area contributed by atoms with Gasteiger partial charge in [0, 0.05) is 25.5 Å². The van der Waals surface area contributed by atoms with Gasteiger partial charge in [0.05, 0.1) is 31.2 Å². The number of carbonyl (C=O) groups excluding carboxylic acids is 1. The number of hydrogen-bond donors (Lipinski definition) is 1. The van der Waals surface area contributed by atoms with Crippen molar-refractivity contribution in [1.82, 2.24) is 19.9 Å². The zero-order valence-electron chi connectivity index (χ0n) is 18.3. The van der Waals surface area contributed by atoms with E-state index in [0.29, 0.717) is 34.7 Å². The lowest BCUT2D eigenvalue weighted by Gasteiger charge is -2.20. The summed E-state index contributed by atoms with van der Waals surface area (Å²) in [5.41, 5.74) is 1.40. The van der Waals surface area contributed by atoms with Crippen LogP contribution >= 0.6 is 11.3 Å². The number of oxazole rings is 1. The van der Waals surface area contributed by atoms with E-state index in [2.05, 4.69) is 15.3 Å². The van der Waals surface area contributed by atoms with Crippen molar-refractivity contribution in [3.8, 4) is 22.3 Å². The number of methoxy groups -OCH3 is 2. The molecule has 0 fully saturated rings. The van der Waals surface area contributed by atoms with Crippen LogP contribution in [-0.2, 0) is 18.3 Å². The highest BCUT2D eigenvalue weighted by Crippen LogP contribution is 2.30. The number of ether oxygens (including phenoxy) is 2. The Morgan fingerprint density at radius 3 is 2.59 bits per heavy atom. The Hall–Kier alpha value is -3.59. The van der Waals surface area contributed by atoms with E-state index in [1.165, 1.54) is 0 Å². The molecule has 9 heteroatoms. The summed E-state index contributed by atoms with van der Waals surface area (Å²) in [4.78, 5) is 23.0. The molecule has 0 bridgehead atoms. The van der Waals surface area contributed by atoms with Gasteiger partial charge in [0.15, 0.2) is 0 Å². The van der Waals surface area contributed by atoms with E-state index in [0.717, 1.165) is 10.4 Å². The van der Waals surface area contributed by atoms with Crippen LogP contribution in [0.25, 0.3) is 10.8 Å². The standard InChI is InChI=1S/C23H24N4O4S/c1-14-18(25-23(31-14)19-6-5-9-32-19)13-20(28)26-21(22-24-7-8-27(22)2)15-10-16(29-3)12-17(11-15)30-4/h5-12,21H,13H2,1-4H3,(H,26,28)/t21-/m1/s1. The van der Waals surface area contributed by atoms with Gasteiger partial charge < -0.3 is 23.8 Å². The minimum Gasteiger partial charge on any atom is -0.497 e. The number of aromatic nitrogens is 3. The Morgan fingerprint density at radius 2 is 2.00 bits per heavy atom. The summed E-state index contributed by atoms with van der Waals surface area (Å²) in [6.07, 6.45) is 3.62. The Balaban J connectivity index is 1.61. The Morgan fingerprint density at radius 1 is 1.25 bits per heavy atom. The number of imidazole rings is 1. The number of nitrogens with zero attached hydrogens (tertiary/aromatic N) is 3. The highest BCUT2D eigenvalue weighted by molar-refractivity contribution is 7.13. The molecule has 1 amide bonds. The topological polar surface area (TPSA) is 91.4 Å². The second-order valence-corrected chi connectivity index (χ2v) is 8.17. The van der Waals surface area contributed by atoms with Gasteiger partial charge in [-0.05, 0) is 36.1 Å². The average Bonchev–Trinajstić information content (AvgIpc) is 3.54. The summed E-state index contributed by atoms with van der Waals surface area (Å²) < 4.78 is 18.5. The van der Waals surface area contributed by atoms with Gasteiger partial charge in [0.1, 0.15) is 29.1 Å². The van der Waals surface area contributed by atoms with E-state index in [1.54, 1.807) is 37.8 Å². The number of nitrogens with one attached hydrogen (secondary N) is 1. The third-order valence-corrected chi connectivity index (χ3v) is 5.94. The van der Waals surface area contributed by atoms with Crippen LogP contribution in [-0.4, -0.2) is 34.7 Å². The van der Waals surface area contributed by atoms with Gasteiger partial charge in [0.2, 0.25) is 11.8 Å². The van der Waals surface area contributed by atoms with Crippen molar-refractivity contribution in [2.45, 2.75) is 19.4 Å². The smallest absolute Gasteiger partial charge is 0.236 e. The molecule has 0 saturated heterocycles. The molecule has 0 spiro atoms. The lowest BCUT2D eigenvalue weighted by molar-refractivity contribution is -0.121. The fourth-order valence-electron chi connectivity index (χ4n) is 3.41. The van der Waals surface area contributed by atoms with E-state index in [1.807, 2.05) is 54.4 Å². The fourth-order valence-corrected chi connectivity index (χ4v) is 4.06. The predicted molar refractivity (Wildman–Crippen MR) is 121 cm³/mol. The molecular formula is C23H24N4O4S. The van der Waals surface area contributed by atoms with E-state index < -0.39 is 6.04 Å². The number of amides is 1. The largest absolute Gasteiger partial charge is 0.497 e. The molecular weight excluding hydrogens is 428 g/mol. The summed E-state index contributed by atoms with van der Waals surface area (Å²) >= 11 is 1.54. The molecule has 8 nitrogen and oxygen atoms in total. The van der Waals surface area contributed by atoms with Crippen LogP contribution in [0.1, 0.15) is 28.9 Å². The minimum absolute atomic E-state index is 0.0860. The van der Waals surface area contributed by atoms with Gasteiger partial charge in [-0.15, -0.1) is 11.3 Å². The third-order valence-electron chi connectivity index (χ3n) is 5.08. The highest BCUT2D eigenvalue weighted by Gasteiger charge is 2.24. The molecule has 4 rings (SSSR count). The second kappa shape index (κ2) is 9.27. The highest BCUT2D eigenvalue weighted by atomic mass is 32.1. The fraction of sp³-hybridized carbons (Fsp3) is 0.261. The SMILES string of the molecule is COc1cc(OC)cc([C@@H](NC(=O)Cc2nc(-c3cccs3)oc2C)c2nccn2C)c1. The van der Waals surface area contributed by atoms with Gasteiger partial charge in [-0.3, -0.25) is 4.79 Å². The summed E-state index contributed by atoms with van der Waals surface area (Å²) in [6, 6.07) is 8.87. The summed E-state index contributed by atoms with van der Waals surface area (Å²) in [5, 5.41) is 5.05. The van der Waals surface area contributed by atoms with Crippen LogP contribution in [0.2, 0.25) is 0 Å². The van der Waals surface area contributed by atoms with Gasteiger partial charge >= 0.3 is 0 Å². The van der Waals surface area contributed by atoms with Gasteiger partial charge in [-0.2, -0.15) is 0 Å². The van der Waals surface area contributed by atoms with E-state index >= 15 is 0 Å². The lowest BCUT2D eigenvalue weighted by Crippen LogP contribution is -2.32. The van der Waals surface area contributed by atoms with Crippen LogP contribution in [0.5, 0.6) is 11.5 Å². The quantitative estimate of drug-likeness (QED) is 0.436. The molecule has 1 atom stereocenters. The first-order chi connectivity index (χ1) is 15.5. The number of thiophene rings is 1. The molecule has 0 aliphatic carbocycles. The van der Waals surface area contributed by atoms with E-state index in [4.69, 9.17) is 13.9 Å². The molecule has 1 N–H and O–H groups in total. The molecule has 3 heterocycles. The lowest BCUT2D eigenvalue weighted by atomic mass is 10.0. The number of hydrogen-bond acceptors (Lipinski definition) is 7. The van der Waals surface area contributed by atoms with Crippen molar-refractivity contribution in [3.05, 3.63) is 70.9 Å². The third kappa shape index (κ3) is 4.52. The normalized spacial score (nSPS) is 11.9. The number of carbonyl (C=O) groups is 1. The molecule has 0 radical (unpaired) electrons. The molecule has 4 aromatic rings. The molecule has 3 aromatic heterocycles. The first kappa shape index (κ1) is 21.6. The van der Waals surface area contributed by atoms with E-state index in [9.17, 15) is 4.79 Å². The second-order valence-electron chi connectivity index (χ2n) is 7.22. The van der Waals surface area contributed by atoms with Gasteiger partial charge in [0.25, 0.3) is 0 Å². The molecule has 0 unspecified atom stereocenters. The van der Waals surface area contributed by atoms with Crippen molar-refractivity contribution in [2.24, 2.45) is 7.05 Å². The van der Waals surface area contributed by atoms with Gasteiger partial charge in [-0.25, -0.2) is 9.97 Å². The summed E-state index contributed by atoms with van der Waals surface area (Å²) in [5.74, 6) is 2.89. The van der Waals surface area contributed by atoms with Crippen LogP contribution in [0.4, 0.5) is 0 Å². The van der Waals surface area contributed by atoms with Crippen LogP contribution in [0.3, 0.4) is 0 Å². The maximum absolute atomic E-state index is 13.1. The molecule has 32 heavy (non-hydrogen) atoms. The maximum Gasteiger partial charge on any atom is 0.236 e. The molecule has 0 aliphatic rings. The van der Waals surface area contributed by atoms with Crippen molar-refractivity contribution in [2.75, 3.05) is 14.2 Å². The first-order valence-electron chi connectivity index (χ1n) is 9.98. The number of benzene rings is 1. The van der Waals surface area contributed by atoms with Crippen molar-refractivity contribution in [1.29, 1.82) is 0 Å². The minimum atomic E-state index is -0.504. The molecule has 0 saturated carbocycles. The van der Waals surface area contributed by atoms with Crippen LogP contribution in [0.15, 0.2) is 52.5 Å². The zero-order chi connectivity index (χ0) is 22.7. The monoisotopic (exact) mass is 452 g/mol. The van der Waals surface area contributed by atoms with Crippen LogP contribution in [0, 0.1) is 6.92 Å². The Bertz CT molecular complexity index is 1190. The van der Waals surface area contributed by atoms with E-state index in [-0.39, 0.29) is 12.3 Å². The zero-order valence-corrected chi connectivity index (χ0v) is 19.1. The van der Waals surface area contributed by atoms with Crippen LogP contribution < -0.4 is 14.8 Å². The van der Waals surface area contributed by atoms with Gasteiger partial charge in [-0.1, -0.05) is 6.07 Å². The Kier molecular flexibility index (Phi) is 6.27.